The monoisotopic (exact) mass is 407 g/mol. The lowest BCUT2D eigenvalue weighted by Gasteiger charge is -2.30. The van der Waals surface area contributed by atoms with Gasteiger partial charge in [0.25, 0.3) is 0 Å². The van der Waals surface area contributed by atoms with Crippen LogP contribution in [0.15, 0.2) is 36.5 Å². The molecule has 1 aliphatic heterocycles. The second-order valence-corrected chi connectivity index (χ2v) is 9.01. The van der Waals surface area contributed by atoms with Gasteiger partial charge in [-0.1, -0.05) is 31.0 Å². The lowest BCUT2D eigenvalue weighted by atomic mass is 10.2. The molecule has 2 aromatic heterocycles. The summed E-state index contributed by atoms with van der Waals surface area (Å²) >= 11 is 1.79. The van der Waals surface area contributed by atoms with Crippen LogP contribution in [0.3, 0.4) is 0 Å². The highest BCUT2D eigenvalue weighted by Crippen LogP contribution is 2.36. The van der Waals surface area contributed by atoms with Gasteiger partial charge in [-0.15, -0.1) is 11.3 Å². The highest BCUT2D eigenvalue weighted by Gasteiger charge is 2.31. The summed E-state index contributed by atoms with van der Waals surface area (Å²) in [6, 6.07) is 11.1. The van der Waals surface area contributed by atoms with Crippen LogP contribution in [0.2, 0.25) is 0 Å². The van der Waals surface area contributed by atoms with Gasteiger partial charge in [0.1, 0.15) is 5.69 Å². The standard InChI is InChI=1S/C22H25N5OS/c1-26-18-14-24-22(23-13-17-12-15-6-2-5-9-19(15)29-17)25-21(18)27(11-10-20(26)28)16-7-3-4-8-16/h2,5-6,9,12,14,16H,3-4,7-8,10-11,13H2,1H3,(H,23,24,25). The van der Waals surface area contributed by atoms with E-state index in [1.807, 2.05) is 7.05 Å². The van der Waals surface area contributed by atoms with Crippen LogP contribution in [-0.4, -0.2) is 35.5 Å². The third-order valence-electron chi connectivity index (χ3n) is 5.99. The second kappa shape index (κ2) is 7.63. The minimum absolute atomic E-state index is 0.126. The van der Waals surface area contributed by atoms with Gasteiger partial charge in [-0.25, -0.2) is 4.98 Å². The molecule has 1 fully saturated rings. The number of hydrogen-bond acceptors (Lipinski definition) is 6. The van der Waals surface area contributed by atoms with Gasteiger partial charge in [0, 0.05) is 35.6 Å². The maximum absolute atomic E-state index is 12.4. The van der Waals surface area contributed by atoms with E-state index >= 15 is 0 Å². The largest absolute Gasteiger partial charge is 0.351 e. The van der Waals surface area contributed by atoms with Gasteiger partial charge in [-0.3, -0.25) is 4.79 Å². The average molecular weight is 408 g/mol. The molecular formula is C22H25N5OS. The van der Waals surface area contributed by atoms with E-state index in [0.717, 1.165) is 18.1 Å². The Morgan fingerprint density at radius 3 is 2.90 bits per heavy atom. The molecule has 0 radical (unpaired) electrons. The van der Waals surface area contributed by atoms with E-state index in [1.165, 1.54) is 40.6 Å². The summed E-state index contributed by atoms with van der Waals surface area (Å²) in [5.74, 6) is 1.63. The predicted octanol–water partition coefficient (Wildman–Crippen LogP) is 4.42. The number of anilines is 3. The number of carbonyl (C=O) groups is 1. The number of fused-ring (bicyclic) bond motifs is 2. The number of hydrogen-bond donors (Lipinski definition) is 1. The van der Waals surface area contributed by atoms with Crippen molar-refractivity contribution in [2.24, 2.45) is 0 Å². The van der Waals surface area contributed by atoms with Crippen molar-refractivity contribution in [3.05, 3.63) is 41.4 Å². The number of thiophene rings is 1. The minimum Gasteiger partial charge on any atom is -0.351 e. The van der Waals surface area contributed by atoms with Crippen LogP contribution in [0.1, 0.15) is 37.0 Å². The second-order valence-electron chi connectivity index (χ2n) is 7.84. The molecule has 3 heterocycles. The van der Waals surface area contributed by atoms with Gasteiger partial charge in [0.15, 0.2) is 5.82 Å². The molecule has 5 rings (SSSR count). The molecule has 0 bridgehead atoms. The van der Waals surface area contributed by atoms with E-state index in [-0.39, 0.29) is 5.91 Å². The fourth-order valence-corrected chi connectivity index (χ4v) is 5.39. The van der Waals surface area contributed by atoms with Crippen LogP contribution in [0.4, 0.5) is 17.5 Å². The number of carbonyl (C=O) groups excluding carboxylic acids is 1. The molecule has 0 saturated heterocycles. The number of nitrogens with one attached hydrogen (secondary N) is 1. The summed E-state index contributed by atoms with van der Waals surface area (Å²) in [6.07, 6.45) is 7.16. The Morgan fingerprint density at radius 2 is 2.07 bits per heavy atom. The molecule has 2 aliphatic rings. The van der Waals surface area contributed by atoms with E-state index in [0.29, 0.717) is 25.0 Å². The first-order valence-electron chi connectivity index (χ1n) is 10.3. The highest BCUT2D eigenvalue weighted by molar-refractivity contribution is 7.19. The Labute approximate surface area is 174 Å². The quantitative estimate of drug-likeness (QED) is 0.694. The van der Waals surface area contributed by atoms with Gasteiger partial charge in [-0.05, 0) is 30.4 Å². The molecule has 7 heteroatoms. The van der Waals surface area contributed by atoms with Crippen molar-refractivity contribution >= 4 is 44.8 Å². The zero-order valence-electron chi connectivity index (χ0n) is 16.6. The van der Waals surface area contributed by atoms with Crippen molar-refractivity contribution < 1.29 is 4.79 Å². The van der Waals surface area contributed by atoms with E-state index in [2.05, 4.69) is 45.5 Å². The molecule has 1 aliphatic carbocycles. The van der Waals surface area contributed by atoms with Crippen molar-refractivity contribution in [3.8, 4) is 0 Å². The van der Waals surface area contributed by atoms with Crippen molar-refractivity contribution in [2.45, 2.75) is 44.7 Å². The molecule has 0 unspecified atom stereocenters. The minimum atomic E-state index is 0.126. The predicted molar refractivity (Wildman–Crippen MR) is 119 cm³/mol. The molecular weight excluding hydrogens is 382 g/mol. The first kappa shape index (κ1) is 18.4. The molecule has 1 N–H and O–H groups in total. The number of amides is 1. The number of rotatable bonds is 4. The maximum Gasteiger partial charge on any atom is 0.228 e. The van der Waals surface area contributed by atoms with Crippen LogP contribution in [0, 0.1) is 0 Å². The third-order valence-corrected chi connectivity index (χ3v) is 7.10. The smallest absolute Gasteiger partial charge is 0.228 e. The number of aromatic nitrogens is 2. The Hall–Kier alpha value is -2.67. The Balaban J connectivity index is 1.42. The van der Waals surface area contributed by atoms with Crippen LogP contribution in [-0.2, 0) is 11.3 Å². The highest BCUT2D eigenvalue weighted by atomic mass is 32.1. The lowest BCUT2D eigenvalue weighted by Crippen LogP contribution is -2.34. The van der Waals surface area contributed by atoms with E-state index in [9.17, 15) is 4.79 Å². The SMILES string of the molecule is CN1C(=O)CCN(C2CCCC2)c2nc(NCc3cc4ccccc4s3)ncc21. The summed E-state index contributed by atoms with van der Waals surface area (Å²) in [5, 5.41) is 4.66. The number of benzene rings is 1. The molecule has 1 aromatic carbocycles. The molecule has 0 atom stereocenters. The van der Waals surface area contributed by atoms with Crippen LogP contribution >= 0.6 is 11.3 Å². The van der Waals surface area contributed by atoms with Gasteiger partial charge >= 0.3 is 0 Å². The van der Waals surface area contributed by atoms with Gasteiger partial charge in [-0.2, -0.15) is 4.98 Å². The zero-order chi connectivity index (χ0) is 19.8. The fraction of sp³-hybridized carbons (Fsp3) is 0.409. The van der Waals surface area contributed by atoms with Gasteiger partial charge < -0.3 is 15.1 Å². The molecule has 1 saturated carbocycles. The van der Waals surface area contributed by atoms with Crippen molar-refractivity contribution in [1.29, 1.82) is 0 Å². The topological polar surface area (TPSA) is 61.4 Å². The normalized spacial score (nSPS) is 17.6. The molecule has 3 aromatic rings. The summed E-state index contributed by atoms with van der Waals surface area (Å²) < 4.78 is 1.29. The molecule has 1 amide bonds. The average Bonchev–Trinajstić information content (AvgIpc) is 3.39. The van der Waals surface area contributed by atoms with E-state index in [4.69, 9.17) is 4.98 Å². The zero-order valence-corrected chi connectivity index (χ0v) is 17.4. The Kier molecular flexibility index (Phi) is 4.83. The van der Waals surface area contributed by atoms with Crippen LogP contribution < -0.4 is 15.1 Å². The first-order chi connectivity index (χ1) is 14.2. The Bertz CT molecular complexity index is 1010. The Morgan fingerprint density at radius 1 is 1.24 bits per heavy atom. The van der Waals surface area contributed by atoms with Crippen molar-refractivity contribution in [3.63, 3.8) is 0 Å². The van der Waals surface area contributed by atoms with Crippen LogP contribution in [0.25, 0.3) is 10.1 Å². The van der Waals surface area contributed by atoms with Crippen molar-refractivity contribution in [2.75, 3.05) is 28.7 Å². The van der Waals surface area contributed by atoms with E-state index < -0.39 is 0 Å². The van der Waals surface area contributed by atoms with Gasteiger partial charge in [0.2, 0.25) is 11.9 Å². The van der Waals surface area contributed by atoms with Crippen molar-refractivity contribution in [1.82, 2.24) is 9.97 Å². The molecule has 150 valence electrons. The summed E-state index contributed by atoms with van der Waals surface area (Å²) in [6.45, 7) is 1.42. The molecule has 6 nitrogen and oxygen atoms in total. The maximum atomic E-state index is 12.4. The lowest BCUT2D eigenvalue weighted by molar-refractivity contribution is -0.118. The van der Waals surface area contributed by atoms with Crippen LogP contribution in [0.5, 0.6) is 0 Å². The fourth-order valence-electron chi connectivity index (χ4n) is 4.39. The van der Waals surface area contributed by atoms with Gasteiger partial charge in [0.05, 0.1) is 12.7 Å². The summed E-state index contributed by atoms with van der Waals surface area (Å²) in [7, 11) is 1.83. The first-order valence-corrected chi connectivity index (χ1v) is 11.1. The third kappa shape index (κ3) is 3.55. The number of nitrogens with zero attached hydrogens (tertiary/aromatic N) is 4. The summed E-state index contributed by atoms with van der Waals surface area (Å²) in [5.41, 5.74) is 0.812. The van der Waals surface area contributed by atoms with E-state index in [1.54, 1.807) is 22.4 Å². The summed E-state index contributed by atoms with van der Waals surface area (Å²) in [4.78, 5) is 27.1. The molecule has 0 spiro atoms. The molecule has 29 heavy (non-hydrogen) atoms.